The van der Waals surface area contributed by atoms with Gasteiger partial charge in [-0.2, -0.15) is 0 Å². The van der Waals surface area contributed by atoms with Gasteiger partial charge < -0.3 is 5.11 Å². The molecule has 0 radical (unpaired) electrons. The van der Waals surface area contributed by atoms with Gasteiger partial charge in [0.15, 0.2) is 0 Å². The van der Waals surface area contributed by atoms with Gasteiger partial charge in [-0.15, -0.1) is 0 Å². The van der Waals surface area contributed by atoms with Crippen LogP contribution in [-0.2, 0) is 0 Å². The zero-order valence-corrected chi connectivity index (χ0v) is 11.3. The molecule has 94 valence electrons. The van der Waals surface area contributed by atoms with Crippen molar-refractivity contribution in [3.8, 4) is 11.4 Å². The van der Waals surface area contributed by atoms with Crippen molar-refractivity contribution in [3.63, 3.8) is 0 Å². The molecule has 0 saturated heterocycles. The van der Waals surface area contributed by atoms with Crippen LogP contribution in [0.3, 0.4) is 0 Å². The third-order valence-corrected chi connectivity index (χ3v) is 3.58. The van der Waals surface area contributed by atoms with Gasteiger partial charge >= 0.3 is 5.97 Å². The maximum absolute atomic E-state index is 11.0. The van der Waals surface area contributed by atoms with E-state index in [0.717, 1.165) is 15.6 Å². The standard InChI is InChI=1S/C14H9BrN2O2/c15-12-4-2-1-3-11(12)13-16-7-10-6-5-9(14(18)19)8-17(10)13/h1-8H,(H,18,19). The number of rotatable bonds is 2. The normalized spacial score (nSPS) is 10.8. The molecule has 0 saturated carbocycles. The minimum atomic E-state index is -0.950. The van der Waals surface area contributed by atoms with Gasteiger partial charge in [-0.05, 0) is 18.2 Å². The number of fused-ring (bicyclic) bond motifs is 1. The zero-order chi connectivity index (χ0) is 13.4. The van der Waals surface area contributed by atoms with Gasteiger partial charge in [-0.3, -0.25) is 4.40 Å². The summed E-state index contributed by atoms with van der Waals surface area (Å²) in [5.41, 5.74) is 2.01. The van der Waals surface area contributed by atoms with Crippen LogP contribution in [0.5, 0.6) is 0 Å². The lowest BCUT2D eigenvalue weighted by Gasteiger charge is -2.04. The van der Waals surface area contributed by atoms with E-state index >= 15 is 0 Å². The van der Waals surface area contributed by atoms with Crippen molar-refractivity contribution in [2.75, 3.05) is 0 Å². The lowest BCUT2D eigenvalue weighted by molar-refractivity contribution is 0.0696. The average molecular weight is 317 g/mol. The van der Waals surface area contributed by atoms with Gasteiger partial charge in [0.2, 0.25) is 0 Å². The van der Waals surface area contributed by atoms with Crippen LogP contribution in [0.4, 0.5) is 0 Å². The summed E-state index contributed by atoms with van der Waals surface area (Å²) in [7, 11) is 0. The van der Waals surface area contributed by atoms with Crippen LogP contribution in [-0.4, -0.2) is 20.5 Å². The Kier molecular flexibility index (Phi) is 2.83. The minimum Gasteiger partial charge on any atom is -0.478 e. The number of carbonyl (C=O) groups is 1. The molecule has 0 amide bonds. The number of imidazole rings is 1. The first-order chi connectivity index (χ1) is 9.16. The van der Waals surface area contributed by atoms with E-state index in [9.17, 15) is 4.79 Å². The van der Waals surface area contributed by atoms with E-state index in [1.165, 1.54) is 0 Å². The topological polar surface area (TPSA) is 54.6 Å². The van der Waals surface area contributed by atoms with Crippen LogP contribution < -0.4 is 0 Å². The number of halogens is 1. The number of nitrogens with zero attached hydrogens (tertiary/aromatic N) is 2. The summed E-state index contributed by atoms with van der Waals surface area (Å²) >= 11 is 3.48. The summed E-state index contributed by atoms with van der Waals surface area (Å²) < 4.78 is 2.70. The van der Waals surface area contributed by atoms with Crippen LogP contribution >= 0.6 is 15.9 Å². The molecule has 2 aromatic heterocycles. The molecule has 0 fully saturated rings. The molecule has 19 heavy (non-hydrogen) atoms. The Morgan fingerprint density at radius 1 is 1.21 bits per heavy atom. The minimum absolute atomic E-state index is 0.235. The summed E-state index contributed by atoms with van der Waals surface area (Å²) in [5.74, 6) is -0.237. The molecule has 3 aromatic rings. The third kappa shape index (κ3) is 2.02. The van der Waals surface area contributed by atoms with E-state index in [-0.39, 0.29) is 5.56 Å². The second kappa shape index (κ2) is 4.51. The maximum Gasteiger partial charge on any atom is 0.337 e. The highest BCUT2D eigenvalue weighted by Gasteiger charge is 2.11. The van der Waals surface area contributed by atoms with Crippen molar-refractivity contribution in [2.45, 2.75) is 0 Å². The second-order valence-electron chi connectivity index (χ2n) is 4.08. The zero-order valence-electron chi connectivity index (χ0n) is 9.75. The molecule has 5 heteroatoms. The molecule has 0 unspecified atom stereocenters. The first-order valence-corrected chi connectivity index (χ1v) is 6.41. The van der Waals surface area contributed by atoms with Crippen LogP contribution in [0.25, 0.3) is 16.9 Å². The molecule has 0 aliphatic rings. The molecule has 4 nitrogen and oxygen atoms in total. The predicted molar refractivity (Wildman–Crippen MR) is 75.3 cm³/mol. The largest absolute Gasteiger partial charge is 0.478 e. The summed E-state index contributed by atoms with van der Waals surface area (Å²) in [5, 5.41) is 9.05. The predicted octanol–water partition coefficient (Wildman–Crippen LogP) is 3.46. The van der Waals surface area contributed by atoms with E-state index in [0.29, 0.717) is 5.82 Å². The highest BCUT2D eigenvalue weighted by Crippen LogP contribution is 2.27. The van der Waals surface area contributed by atoms with Gasteiger partial charge in [0.1, 0.15) is 5.82 Å². The lowest BCUT2D eigenvalue weighted by Crippen LogP contribution is -1.99. The fourth-order valence-corrected chi connectivity index (χ4v) is 2.42. The van der Waals surface area contributed by atoms with E-state index in [1.807, 2.05) is 24.3 Å². The van der Waals surface area contributed by atoms with Crippen molar-refractivity contribution in [1.82, 2.24) is 9.38 Å². The van der Waals surface area contributed by atoms with E-state index in [2.05, 4.69) is 20.9 Å². The Bertz CT molecular complexity index is 780. The van der Waals surface area contributed by atoms with Gasteiger partial charge in [0.05, 0.1) is 17.3 Å². The first-order valence-electron chi connectivity index (χ1n) is 5.62. The maximum atomic E-state index is 11.0. The average Bonchev–Trinajstić information content (AvgIpc) is 2.82. The lowest BCUT2D eigenvalue weighted by atomic mass is 10.2. The number of benzene rings is 1. The molecule has 1 aromatic carbocycles. The number of aromatic carboxylic acids is 1. The molecule has 2 heterocycles. The number of carboxylic acid groups (broad SMARTS) is 1. The highest BCUT2D eigenvalue weighted by atomic mass is 79.9. The first kappa shape index (κ1) is 11.9. The summed E-state index contributed by atoms with van der Waals surface area (Å²) in [6.45, 7) is 0. The summed E-state index contributed by atoms with van der Waals surface area (Å²) in [6, 6.07) is 11.0. The number of carboxylic acids is 1. The SMILES string of the molecule is O=C(O)c1ccc2cnc(-c3ccccc3Br)n2c1. The van der Waals surface area contributed by atoms with E-state index in [4.69, 9.17) is 5.11 Å². The Balaban J connectivity index is 2.27. The number of pyridine rings is 1. The molecule has 1 N–H and O–H groups in total. The quantitative estimate of drug-likeness (QED) is 0.787. The van der Waals surface area contributed by atoms with E-state index in [1.54, 1.807) is 28.9 Å². The summed E-state index contributed by atoms with van der Waals surface area (Å²) in [6.07, 6.45) is 3.31. The summed E-state index contributed by atoms with van der Waals surface area (Å²) in [4.78, 5) is 15.4. The molecule has 0 atom stereocenters. The number of hydrogen-bond acceptors (Lipinski definition) is 2. The van der Waals surface area contributed by atoms with Crippen molar-refractivity contribution in [2.24, 2.45) is 0 Å². The van der Waals surface area contributed by atoms with Crippen LogP contribution in [0, 0.1) is 0 Å². The third-order valence-electron chi connectivity index (χ3n) is 2.89. The Morgan fingerprint density at radius 3 is 2.74 bits per heavy atom. The van der Waals surface area contributed by atoms with Crippen LogP contribution in [0.15, 0.2) is 53.3 Å². The van der Waals surface area contributed by atoms with Gasteiger partial charge in [-0.25, -0.2) is 9.78 Å². The Hall–Kier alpha value is -2.14. The molecule has 3 rings (SSSR count). The Labute approximate surface area is 117 Å². The van der Waals surface area contributed by atoms with Crippen molar-refractivity contribution < 1.29 is 9.90 Å². The van der Waals surface area contributed by atoms with E-state index < -0.39 is 5.97 Å². The fourth-order valence-electron chi connectivity index (χ4n) is 1.96. The smallest absolute Gasteiger partial charge is 0.337 e. The van der Waals surface area contributed by atoms with Crippen molar-refractivity contribution in [1.29, 1.82) is 0 Å². The fraction of sp³-hybridized carbons (Fsp3) is 0. The Morgan fingerprint density at radius 2 is 2.00 bits per heavy atom. The highest BCUT2D eigenvalue weighted by molar-refractivity contribution is 9.10. The number of hydrogen-bond donors (Lipinski definition) is 1. The molecule has 0 bridgehead atoms. The molecule has 0 aliphatic heterocycles. The van der Waals surface area contributed by atoms with Crippen LogP contribution in [0.2, 0.25) is 0 Å². The second-order valence-corrected chi connectivity index (χ2v) is 4.93. The van der Waals surface area contributed by atoms with Gasteiger partial charge in [0, 0.05) is 16.2 Å². The van der Waals surface area contributed by atoms with Crippen molar-refractivity contribution in [3.05, 3.63) is 58.8 Å². The number of aromatic nitrogens is 2. The molecular weight excluding hydrogens is 308 g/mol. The van der Waals surface area contributed by atoms with Crippen molar-refractivity contribution >= 4 is 27.4 Å². The molecule has 0 spiro atoms. The molecule has 0 aliphatic carbocycles. The van der Waals surface area contributed by atoms with Gasteiger partial charge in [-0.1, -0.05) is 34.1 Å². The molecular formula is C14H9BrN2O2. The van der Waals surface area contributed by atoms with Crippen LogP contribution in [0.1, 0.15) is 10.4 Å². The van der Waals surface area contributed by atoms with Gasteiger partial charge in [0.25, 0.3) is 0 Å². The monoisotopic (exact) mass is 316 g/mol.